The first-order valence-electron chi connectivity index (χ1n) is 9.75. The lowest BCUT2D eigenvalue weighted by molar-refractivity contribution is 0.183. The summed E-state index contributed by atoms with van der Waals surface area (Å²) in [6.07, 6.45) is 5.32. The number of nitrogens with zero attached hydrogens (tertiary/aromatic N) is 2. The van der Waals surface area contributed by atoms with Crippen LogP contribution in [0.2, 0.25) is 0 Å². The van der Waals surface area contributed by atoms with Crippen LogP contribution in [0.25, 0.3) is 0 Å². The standard InChI is InChI=1S/C20H32N4O.HI/c1-2-21-20(22-15-19(25)14-16-6-4-3-5-7-16)23-17-10-12-24(13-11-17)18-8-9-18;/h3-7,17-19,25H,2,8-15H2,1H3,(H2,21,22,23);1H. The van der Waals surface area contributed by atoms with Gasteiger partial charge < -0.3 is 20.6 Å². The summed E-state index contributed by atoms with van der Waals surface area (Å²) in [4.78, 5) is 7.23. The Hall–Kier alpha value is -0.860. The fourth-order valence-corrected chi connectivity index (χ4v) is 3.51. The number of aliphatic imine (C=N–C) groups is 1. The number of piperidine rings is 1. The monoisotopic (exact) mass is 472 g/mol. The van der Waals surface area contributed by atoms with Crippen molar-refractivity contribution in [1.82, 2.24) is 15.5 Å². The second kappa shape index (κ2) is 11.1. The molecule has 1 saturated heterocycles. The predicted molar refractivity (Wildman–Crippen MR) is 118 cm³/mol. The highest BCUT2D eigenvalue weighted by atomic mass is 127. The second-order valence-electron chi connectivity index (χ2n) is 7.25. The Morgan fingerprint density at radius 2 is 1.88 bits per heavy atom. The van der Waals surface area contributed by atoms with Crippen molar-refractivity contribution < 1.29 is 5.11 Å². The van der Waals surface area contributed by atoms with E-state index < -0.39 is 6.10 Å². The quantitative estimate of drug-likeness (QED) is 0.324. The van der Waals surface area contributed by atoms with E-state index in [1.807, 2.05) is 30.3 Å². The molecule has 1 aromatic rings. The number of aliphatic hydroxyl groups excluding tert-OH is 1. The molecule has 2 fully saturated rings. The summed E-state index contributed by atoms with van der Waals surface area (Å²) >= 11 is 0. The number of nitrogens with one attached hydrogen (secondary N) is 2. The van der Waals surface area contributed by atoms with Crippen molar-refractivity contribution in [2.45, 2.75) is 57.2 Å². The number of halogens is 1. The van der Waals surface area contributed by atoms with E-state index in [9.17, 15) is 5.11 Å². The van der Waals surface area contributed by atoms with Crippen molar-refractivity contribution in [2.24, 2.45) is 4.99 Å². The van der Waals surface area contributed by atoms with Gasteiger partial charge in [0, 0.05) is 38.1 Å². The van der Waals surface area contributed by atoms with E-state index in [2.05, 4.69) is 27.4 Å². The molecule has 0 aromatic heterocycles. The molecule has 5 nitrogen and oxygen atoms in total. The van der Waals surface area contributed by atoms with Crippen LogP contribution in [0.4, 0.5) is 0 Å². The largest absolute Gasteiger partial charge is 0.391 e. The minimum atomic E-state index is -0.449. The van der Waals surface area contributed by atoms with Gasteiger partial charge in [-0.15, -0.1) is 24.0 Å². The summed E-state index contributed by atoms with van der Waals surface area (Å²) in [6, 6.07) is 11.5. The van der Waals surface area contributed by atoms with Crippen molar-refractivity contribution in [3.05, 3.63) is 35.9 Å². The fourth-order valence-electron chi connectivity index (χ4n) is 3.51. The van der Waals surface area contributed by atoms with E-state index in [1.54, 1.807) is 0 Å². The molecular weight excluding hydrogens is 439 g/mol. The fraction of sp³-hybridized carbons (Fsp3) is 0.650. The molecule has 0 amide bonds. The Morgan fingerprint density at radius 3 is 2.50 bits per heavy atom. The Morgan fingerprint density at radius 1 is 1.19 bits per heavy atom. The van der Waals surface area contributed by atoms with E-state index >= 15 is 0 Å². The molecule has 26 heavy (non-hydrogen) atoms. The zero-order chi connectivity index (χ0) is 17.5. The highest BCUT2D eigenvalue weighted by Gasteiger charge is 2.31. The molecule has 1 atom stereocenters. The van der Waals surface area contributed by atoms with Crippen molar-refractivity contribution in [3.63, 3.8) is 0 Å². The topological polar surface area (TPSA) is 59.9 Å². The summed E-state index contributed by atoms with van der Waals surface area (Å²) < 4.78 is 0. The van der Waals surface area contributed by atoms with Crippen LogP contribution in [-0.2, 0) is 6.42 Å². The van der Waals surface area contributed by atoms with Crippen molar-refractivity contribution in [2.75, 3.05) is 26.2 Å². The minimum absolute atomic E-state index is 0. The Kier molecular flexibility index (Phi) is 9.15. The first-order chi connectivity index (χ1) is 12.2. The van der Waals surface area contributed by atoms with E-state index in [1.165, 1.54) is 38.8 Å². The summed E-state index contributed by atoms with van der Waals surface area (Å²) in [6.45, 7) is 5.72. The van der Waals surface area contributed by atoms with Crippen LogP contribution in [0.15, 0.2) is 35.3 Å². The molecule has 1 unspecified atom stereocenters. The summed E-state index contributed by atoms with van der Waals surface area (Å²) in [5, 5.41) is 17.1. The maximum atomic E-state index is 10.3. The van der Waals surface area contributed by atoms with Crippen LogP contribution in [0.3, 0.4) is 0 Å². The molecule has 1 heterocycles. The number of guanidine groups is 1. The molecule has 1 aromatic carbocycles. The van der Waals surface area contributed by atoms with Gasteiger partial charge in [0.1, 0.15) is 0 Å². The highest BCUT2D eigenvalue weighted by Crippen LogP contribution is 2.29. The molecule has 1 aliphatic heterocycles. The van der Waals surface area contributed by atoms with Crippen LogP contribution in [0.1, 0.15) is 38.2 Å². The normalized spacial score (nSPS) is 20.3. The average Bonchev–Trinajstić information content (AvgIpc) is 3.47. The van der Waals surface area contributed by atoms with Gasteiger partial charge in [-0.25, -0.2) is 0 Å². The second-order valence-corrected chi connectivity index (χ2v) is 7.25. The molecule has 146 valence electrons. The smallest absolute Gasteiger partial charge is 0.191 e. The van der Waals surface area contributed by atoms with Crippen molar-refractivity contribution in [1.29, 1.82) is 0 Å². The minimum Gasteiger partial charge on any atom is -0.391 e. The number of aliphatic hydroxyl groups is 1. The third-order valence-corrected chi connectivity index (χ3v) is 5.05. The Labute approximate surface area is 174 Å². The third kappa shape index (κ3) is 7.04. The number of benzene rings is 1. The number of hydrogen-bond acceptors (Lipinski definition) is 3. The molecular formula is C20H33IN4O. The van der Waals surface area contributed by atoms with E-state index in [-0.39, 0.29) is 24.0 Å². The molecule has 0 spiro atoms. The molecule has 0 radical (unpaired) electrons. The van der Waals surface area contributed by atoms with Gasteiger partial charge >= 0.3 is 0 Å². The van der Waals surface area contributed by atoms with Gasteiger partial charge in [0.05, 0.1) is 12.6 Å². The van der Waals surface area contributed by atoms with Gasteiger partial charge in [0.25, 0.3) is 0 Å². The Bertz CT molecular complexity index is 542. The highest BCUT2D eigenvalue weighted by molar-refractivity contribution is 14.0. The molecule has 3 N–H and O–H groups in total. The van der Waals surface area contributed by atoms with Crippen LogP contribution in [0.5, 0.6) is 0 Å². The van der Waals surface area contributed by atoms with Crippen LogP contribution in [0, 0.1) is 0 Å². The lowest BCUT2D eigenvalue weighted by Gasteiger charge is -2.33. The third-order valence-electron chi connectivity index (χ3n) is 5.05. The number of rotatable bonds is 7. The van der Waals surface area contributed by atoms with Gasteiger partial charge in [-0.3, -0.25) is 4.99 Å². The van der Waals surface area contributed by atoms with E-state index in [0.29, 0.717) is 19.0 Å². The maximum Gasteiger partial charge on any atom is 0.191 e. The van der Waals surface area contributed by atoms with Gasteiger partial charge in [-0.2, -0.15) is 0 Å². The number of hydrogen-bond donors (Lipinski definition) is 3. The van der Waals surface area contributed by atoms with Crippen LogP contribution < -0.4 is 10.6 Å². The summed E-state index contributed by atoms with van der Waals surface area (Å²) in [7, 11) is 0. The lowest BCUT2D eigenvalue weighted by Crippen LogP contribution is -2.49. The Balaban J connectivity index is 0.00000243. The first kappa shape index (κ1) is 21.4. The zero-order valence-electron chi connectivity index (χ0n) is 15.7. The van der Waals surface area contributed by atoms with E-state index in [4.69, 9.17) is 0 Å². The molecule has 1 aliphatic carbocycles. The van der Waals surface area contributed by atoms with Gasteiger partial charge in [0.2, 0.25) is 0 Å². The molecule has 3 rings (SSSR count). The molecule has 0 bridgehead atoms. The van der Waals surface area contributed by atoms with Gasteiger partial charge in [-0.05, 0) is 38.2 Å². The predicted octanol–water partition coefficient (Wildman–Crippen LogP) is 2.39. The van der Waals surface area contributed by atoms with Gasteiger partial charge in [-0.1, -0.05) is 30.3 Å². The zero-order valence-corrected chi connectivity index (χ0v) is 18.1. The SMILES string of the molecule is CCNC(=NCC(O)Cc1ccccc1)NC1CCN(C2CC2)CC1.I. The average molecular weight is 472 g/mol. The molecule has 6 heteroatoms. The van der Waals surface area contributed by atoms with Crippen LogP contribution >= 0.6 is 24.0 Å². The first-order valence-corrected chi connectivity index (χ1v) is 9.75. The van der Waals surface area contributed by atoms with Crippen molar-refractivity contribution in [3.8, 4) is 0 Å². The maximum absolute atomic E-state index is 10.3. The van der Waals surface area contributed by atoms with Crippen molar-refractivity contribution >= 4 is 29.9 Å². The lowest BCUT2D eigenvalue weighted by atomic mass is 10.1. The van der Waals surface area contributed by atoms with Crippen LogP contribution in [-0.4, -0.2) is 60.3 Å². The molecule has 1 saturated carbocycles. The summed E-state index contributed by atoms with van der Waals surface area (Å²) in [5.74, 6) is 0.833. The summed E-state index contributed by atoms with van der Waals surface area (Å²) in [5.41, 5.74) is 1.15. The van der Waals surface area contributed by atoms with E-state index in [0.717, 1.165) is 24.1 Å². The molecule has 2 aliphatic rings. The van der Waals surface area contributed by atoms with Gasteiger partial charge in [0.15, 0.2) is 5.96 Å². The number of likely N-dealkylation sites (tertiary alicyclic amines) is 1.